The molecule has 42 heteroatoms. The number of hydrogen-bond donors (Lipinski definition) is 14. The van der Waals surface area contributed by atoms with E-state index in [9.17, 15) is 139 Å². The Hall–Kier alpha value is -9.60. The van der Waals surface area contributed by atoms with Gasteiger partial charge in [0.15, 0.2) is 69.0 Å². The van der Waals surface area contributed by atoms with Crippen molar-refractivity contribution in [3.8, 4) is 80.5 Å². The molecule has 8 aromatic rings. The van der Waals surface area contributed by atoms with Crippen LogP contribution >= 0.6 is 0 Å². The quantitative estimate of drug-likeness (QED) is 0.0124. The zero-order valence-electron chi connectivity index (χ0n) is 73.7. The Balaban J connectivity index is 0.000000307. The smallest absolute Gasteiger partial charge is 0.256 e. The fourth-order valence-electron chi connectivity index (χ4n) is 13.0. The van der Waals surface area contributed by atoms with Crippen molar-refractivity contribution < 1.29 is 139 Å². The summed E-state index contributed by atoms with van der Waals surface area (Å²) in [5.74, 6) is -7.92. The van der Waals surface area contributed by atoms with Crippen LogP contribution in [0.25, 0.3) is 0 Å². The molecule has 0 unspecified atom stereocenters. The molecule has 0 fully saturated rings. The Kier molecular flexibility index (Phi) is 43.9. The lowest BCUT2D eigenvalue weighted by molar-refractivity contribution is 0.401. The molecule has 0 saturated heterocycles. The first-order valence-corrected chi connectivity index (χ1v) is 54.4. The van der Waals surface area contributed by atoms with E-state index in [0.29, 0.717) is 64.5 Å². The molecule has 0 amide bonds. The number of rotatable bonds is 50. The van der Waals surface area contributed by atoms with Crippen molar-refractivity contribution in [1.82, 2.24) is 14.8 Å². The van der Waals surface area contributed by atoms with Crippen molar-refractivity contribution >= 4 is 80.2 Å². The number of phenols is 14. The molecule has 0 aromatic heterocycles. The SMILES string of the molecule is CCCCCCCCCCCCN(S(=O)(=O)c1ccc(O)c(O)c1)S(=O)(=O)c1ccc(O)c(O)c1.CCCCCCCCCCN(S(=O)(=O)c1ccc(O)c(O)c1)S(=O)(=O)c1ccc(O)c(O)c1.CCCCCCCCCN(S(=O)(=O)c1ccc(C)c(O)c1)S(=O)(=O)c1ccc(O)c(O)c1.CCCCCCCN(S(=O)(=O)c1ccc(C)c(O)c1)S(=O)(=O)c1ccc(O)c(O)c1. The number of phenolic OH excluding ortho intramolecular Hbond substituents is 14. The molecule has 0 atom stereocenters. The normalized spacial score (nSPS) is 12.3. The fraction of sp³-hybridized carbons (Fsp3) is 0.455. The lowest BCUT2D eigenvalue weighted by Crippen LogP contribution is -2.37. The maximum atomic E-state index is 13.3. The van der Waals surface area contributed by atoms with Crippen molar-refractivity contribution in [3.63, 3.8) is 0 Å². The van der Waals surface area contributed by atoms with E-state index in [1.54, 1.807) is 13.8 Å². The van der Waals surface area contributed by atoms with E-state index < -0.39 is 179 Å². The zero-order chi connectivity index (χ0) is 97.2. The van der Waals surface area contributed by atoms with Gasteiger partial charge in [0, 0.05) is 74.7 Å². The Labute approximate surface area is 765 Å². The number of sulfonamides is 8. The lowest BCUT2D eigenvalue weighted by atomic mass is 10.1. The molecule has 8 rings (SSSR count). The molecule has 34 nitrogen and oxygen atoms in total. The number of nitrogens with zero attached hydrogens (tertiary/aromatic N) is 4. The van der Waals surface area contributed by atoms with Gasteiger partial charge in [-0.15, -0.1) is 0 Å². The van der Waals surface area contributed by atoms with Crippen molar-refractivity contribution in [3.05, 3.63) is 157 Å². The summed E-state index contributed by atoms with van der Waals surface area (Å²) in [6.07, 6.45) is 26.8. The van der Waals surface area contributed by atoms with Crippen LogP contribution in [0.5, 0.6) is 80.5 Å². The van der Waals surface area contributed by atoms with E-state index in [0.717, 1.165) is 237 Å². The average Bonchev–Trinajstić information content (AvgIpc) is 0.774. The number of benzene rings is 8. The first-order valence-electron chi connectivity index (χ1n) is 42.9. The van der Waals surface area contributed by atoms with Crippen LogP contribution in [0, 0.1) is 13.8 Å². The highest BCUT2D eigenvalue weighted by molar-refractivity contribution is 8.05. The maximum Gasteiger partial charge on any atom is 0.256 e. The molecule has 0 aliphatic heterocycles. The van der Waals surface area contributed by atoms with Gasteiger partial charge in [-0.25, -0.2) is 67.3 Å². The molecule has 0 radical (unpaired) electrons. The van der Waals surface area contributed by atoms with E-state index in [4.69, 9.17) is 0 Å². The molecule has 0 heterocycles. The second-order valence-corrected chi connectivity index (χ2v) is 46.8. The lowest BCUT2D eigenvalue weighted by Gasteiger charge is -2.22. The zero-order valence-corrected chi connectivity index (χ0v) is 80.3. The summed E-state index contributed by atoms with van der Waals surface area (Å²) in [7, 11) is -36.8. The Bertz CT molecular complexity index is 5680. The summed E-state index contributed by atoms with van der Waals surface area (Å²) in [5, 5.41) is 135. The number of hydrogen-bond acceptors (Lipinski definition) is 30. The summed E-state index contributed by atoms with van der Waals surface area (Å²) in [6.45, 7) is 10.4. The fourth-order valence-corrected chi connectivity index (χ4v) is 28.1. The minimum atomic E-state index is -4.65. The summed E-state index contributed by atoms with van der Waals surface area (Å²) in [6, 6.07) is 23.8. The summed E-state index contributed by atoms with van der Waals surface area (Å²) >= 11 is 0. The van der Waals surface area contributed by atoms with Crippen LogP contribution in [0.4, 0.5) is 0 Å². The molecule has 130 heavy (non-hydrogen) atoms. The Morgan fingerprint density at radius 3 is 0.423 bits per heavy atom. The van der Waals surface area contributed by atoms with Crippen LogP contribution in [-0.4, -0.2) is 180 Å². The van der Waals surface area contributed by atoms with E-state index >= 15 is 0 Å². The summed E-state index contributed by atoms with van der Waals surface area (Å²) in [5.41, 5.74) is 0.903. The molecule has 724 valence electrons. The molecular formula is C88H124N4O30S8. The Morgan fingerprint density at radius 1 is 0.169 bits per heavy atom. The van der Waals surface area contributed by atoms with Gasteiger partial charge in [-0.05, 0) is 136 Å². The van der Waals surface area contributed by atoms with Crippen LogP contribution in [0.3, 0.4) is 0 Å². The highest BCUT2D eigenvalue weighted by atomic mass is 32.3. The van der Waals surface area contributed by atoms with Crippen LogP contribution in [-0.2, 0) is 80.2 Å². The van der Waals surface area contributed by atoms with E-state index in [-0.39, 0.29) is 60.3 Å². The van der Waals surface area contributed by atoms with Gasteiger partial charge >= 0.3 is 0 Å². The summed E-state index contributed by atoms with van der Waals surface area (Å²) < 4.78 is 214. The van der Waals surface area contributed by atoms with Crippen LogP contribution in [0.2, 0.25) is 0 Å². The number of aryl methyl sites for hydroxylation is 2. The minimum absolute atomic E-state index is 0.262. The van der Waals surface area contributed by atoms with Crippen molar-refractivity contribution in [2.75, 3.05) is 26.2 Å². The average molecular weight is 1970 g/mol. The first-order chi connectivity index (χ1) is 61.0. The van der Waals surface area contributed by atoms with Crippen LogP contribution < -0.4 is 0 Å². The summed E-state index contributed by atoms with van der Waals surface area (Å²) in [4.78, 5) is -3.67. The van der Waals surface area contributed by atoms with Gasteiger partial charge in [0.2, 0.25) is 0 Å². The standard InChI is InChI=1S/C24H35NO8S2.C22H31NO8S2.C22H31NO7S2.C20H27NO7S2/c1-2-3-4-5-6-7-8-9-10-11-16-25(34(30,31)19-12-14-21(26)23(28)17-19)35(32,33)20-13-15-22(27)24(29)18-20;1-2-3-4-5-6-7-8-9-14-23(32(28,29)17-10-12-19(24)21(26)15-17)33(30,31)18-11-13-20(25)22(27)16-18;1-3-4-5-6-7-8-9-14-23(31(27,28)18-11-10-17(2)21(25)15-18)32(29,30)19-12-13-20(24)22(26)16-19;1-3-4-5-6-7-12-21(29(25,26)16-9-8-15(2)19(23)13-16)30(27,28)17-10-11-18(22)20(24)14-17/h12-15,17-18,26-29H,2-11,16H2,1H3;10-13,15-16,24-27H,2-9,14H2,1H3;10-13,15-16,24-26H,3-9,14H2,1-2H3;8-11,13-14,22-24H,3-7,12H2,1-2H3. The number of aromatic hydroxyl groups is 14. The monoisotopic (exact) mass is 1970 g/mol. The molecular weight excluding hydrogens is 1850 g/mol. The molecule has 14 N–H and O–H groups in total. The van der Waals surface area contributed by atoms with Gasteiger partial charge in [-0.2, -0.15) is 0 Å². The second kappa shape index (κ2) is 51.4. The molecule has 0 spiro atoms. The Morgan fingerprint density at radius 2 is 0.292 bits per heavy atom. The van der Waals surface area contributed by atoms with Crippen LogP contribution in [0.15, 0.2) is 185 Å². The third-order valence-corrected chi connectivity index (χ3v) is 38.1. The first kappa shape index (κ1) is 111. The molecule has 0 bridgehead atoms. The van der Waals surface area contributed by atoms with Crippen molar-refractivity contribution in [2.24, 2.45) is 0 Å². The molecule has 8 aromatic carbocycles. The van der Waals surface area contributed by atoms with E-state index in [1.807, 2.05) is 6.92 Å². The van der Waals surface area contributed by atoms with Gasteiger partial charge in [0.05, 0.1) is 39.2 Å². The molecule has 0 saturated carbocycles. The van der Waals surface area contributed by atoms with E-state index in [2.05, 4.69) is 20.8 Å². The van der Waals surface area contributed by atoms with Gasteiger partial charge in [-0.3, -0.25) is 0 Å². The second-order valence-electron chi connectivity index (χ2n) is 31.0. The van der Waals surface area contributed by atoms with Gasteiger partial charge < -0.3 is 71.5 Å². The van der Waals surface area contributed by atoms with Crippen molar-refractivity contribution in [2.45, 2.75) is 273 Å². The third kappa shape index (κ3) is 31.3. The maximum absolute atomic E-state index is 13.3. The topological polar surface area (TPSA) is 569 Å². The van der Waals surface area contributed by atoms with Gasteiger partial charge in [0.25, 0.3) is 80.2 Å². The van der Waals surface area contributed by atoms with Crippen LogP contribution in [0.1, 0.15) is 231 Å². The molecule has 0 aliphatic rings. The number of unbranched alkanes of at least 4 members (excludes halogenated alkanes) is 26. The predicted octanol–water partition coefficient (Wildman–Crippen LogP) is 16.5. The van der Waals surface area contributed by atoms with E-state index in [1.165, 1.54) is 49.9 Å². The molecule has 0 aliphatic carbocycles. The minimum Gasteiger partial charge on any atom is -0.508 e. The third-order valence-electron chi connectivity index (χ3n) is 20.8. The van der Waals surface area contributed by atoms with Gasteiger partial charge in [0.1, 0.15) is 11.5 Å². The predicted molar refractivity (Wildman–Crippen MR) is 490 cm³/mol. The van der Waals surface area contributed by atoms with Crippen molar-refractivity contribution in [1.29, 1.82) is 0 Å². The largest absolute Gasteiger partial charge is 0.508 e. The highest BCUT2D eigenvalue weighted by Crippen LogP contribution is 2.40. The van der Waals surface area contributed by atoms with Gasteiger partial charge in [-0.1, -0.05) is 222 Å². The highest BCUT2D eigenvalue weighted by Gasteiger charge is 2.42.